The quantitative estimate of drug-likeness (QED) is 0.111. The van der Waals surface area contributed by atoms with Gasteiger partial charge in [-0.05, 0) is 30.2 Å². The lowest BCUT2D eigenvalue weighted by atomic mass is 9.95. The normalized spacial score (nSPS) is 47.0. The first-order valence-electron chi connectivity index (χ1n) is 33.4. The van der Waals surface area contributed by atoms with E-state index in [2.05, 4.69) is 21.3 Å². The number of amides is 4. The van der Waals surface area contributed by atoms with Crippen LogP contribution in [0.1, 0.15) is 16.7 Å². The number of carbonyl (C=O) groups is 3. The standard InChI is InChI=1S/C62H90N4O37/c1-19-2-4-20(5-3-19)11-24-54(88)65-23(10-21-6-8-22(72)9-7-21)53(87)63-12-25-46-32(73)39(80)55(90-25)99-48-27(14-67)94-59(43(84)36(48)77)101-51-30(17-70)93-58(42(83)35(51)76)98-47-26(13-64-62(89)66-24)91-56(40(81)33(47)74)100-49-28(15-68)95-60(44(85)37(49)78)103-52-31(18-71)96-61(45(86)38(52)79)102-50-29(16-69)92-57(97-46)41(82)34(50)75/h2-9,23-52,55-61,67-86H,10-18H2,1H3,(H,63,87)(H,65,88)(H2,64,66,89)/t23-,24-,25?,26?,27?,28?,29?,30?,31?,32?,33?,34?,35?,36?,37?,38?,39?,40?,41?,42?,43?,44?,45?,46+,47+,48+,49+,50+,51+,52+,55+,56+,57+,58+,59+,60+,61+/m0/s1. The van der Waals surface area contributed by atoms with Crippen molar-refractivity contribution >= 4 is 17.8 Å². The molecule has 0 aliphatic carbocycles. The molecule has 41 nitrogen and oxygen atoms in total. The number of ether oxygens (including phenoxy) is 14. The fraction of sp³-hybridized carbons (Fsp3) is 0.758. The molecule has 14 heterocycles. The van der Waals surface area contributed by atoms with E-state index in [1.54, 1.807) is 31.2 Å². The topological polar surface area (TPSA) is 633 Å². The van der Waals surface area contributed by atoms with Gasteiger partial charge in [-0.2, -0.15) is 0 Å². The third-order valence-corrected chi connectivity index (χ3v) is 19.6. The van der Waals surface area contributed by atoms with Crippen molar-refractivity contribution in [2.75, 3.05) is 46.1 Å². The van der Waals surface area contributed by atoms with Crippen LogP contribution in [0.15, 0.2) is 48.5 Å². The van der Waals surface area contributed by atoms with Crippen LogP contribution in [0, 0.1) is 6.92 Å². The van der Waals surface area contributed by atoms with Crippen molar-refractivity contribution < 1.29 is 183 Å². The highest BCUT2D eigenvalue weighted by molar-refractivity contribution is 5.92. The lowest BCUT2D eigenvalue weighted by molar-refractivity contribution is -0.395. The van der Waals surface area contributed by atoms with Crippen LogP contribution >= 0.6 is 0 Å². The van der Waals surface area contributed by atoms with Crippen LogP contribution in [0.3, 0.4) is 0 Å². The van der Waals surface area contributed by atoms with E-state index in [9.17, 15) is 117 Å². The second-order valence-electron chi connectivity index (χ2n) is 26.6. The highest BCUT2D eigenvalue weighted by Gasteiger charge is 2.60. The van der Waals surface area contributed by atoms with Crippen molar-refractivity contribution in [3.8, 4) is 5.75 Å². The molecule has 580 valence electrons. The lowest BCUT2D eigenvalue weighted by Crippen LogP contribution is -2.68. The molecule has 24 N–H and O–H groups in total. The molecule has 14 aliphatic heterocycles. The van der Waals surface area contributed by atoms with Gasteiger partial charge in [0.15, 0.2) is 44.0 Å². The minimum atomic E-state index is -2.37. The highest BCUT2D eigenvalue weighted by atomic mass is 16.8. The average Bonchev–Trinajstić information content (AvgIpc) is 0.795. The molecule has 14 saturated heterocycles. The number of rotatable bonds is 9. The first-order chi connectivity index (χ1) is 49.1. The van der Waals surface area contributed by atoms with Crippen molar-refractivity contribution in [1.82, 2.24) is 21.3 Å². The molecule has 16 rings (SSSR count). The summed E-state index contributed by atoms with van der Waals surface area (Å²) in [7, 11) is 0. The SMILES string of the molecule is Cc1ccc(C[C@@H]2NC(=O)NCC3O[C@@H]4O[C@@H]5C(CO)O[C@H](O[C@@H]6C(CO)O[C@H](O[C@@H]7C(CO)O[C@H](O[C@@H]8C(CNC(=O)[C@H](Cc9ccc(O)cc9)NC2=O)O[C@H](O[C@@H]2C(CO)O[C@H](O[C@@H]9C(CO)O[C@H](O[C@H]3C(O)C4O)C(O)C9O)C(O)C2O)C(O)C8O)C(O)C7O)C(O)C6O)C(O)C5O)cc1. The molecule has 14 aliphatic rings. The number of benzene rings is 2. The molecular weight excluding hydrogens is 1390 g/mol. The number of phenols is 1. The zero-order valence-electron chi connectivity index (χ0n) is 54.7. The Labute approximate surface area is 584 Å². The number of hydrogen-bond donors (Lipinski definition) is 24. The molecule has 4 amide bonds. The number of urea groups is 1. The number of aliphatic hydroxyl groups is 19. The van der Waals surface area contributed by atoms with Crippen LogP contribution in [-0.4, -0.2) is 393 Å². The number of carbonyl (C=O) groups excluding carboxylic acids is 3. The minimum Gasteiger partial charge on any atom is -0.508 e. The number of aliphatic hydroxyl groups excluding tert-OH is 19. The van der Waals surface area contributed by atoms with Crippen molar-refractivity contribution in [2.24, 2.45) is 0 Å². The Morgan fingerprint density at radius 2 is 0.583 bits per heavy atom. The third kappa shape index (κ3) is 17.0. The summed E-state index contributed by atoms with van der Waals surface area (Å²) in [5.74, 6) is -2.32. The molecule has 103 heavy (non-hydrogen) atoms. The van der Waals surface area contributed by atoms with Gasteiger partial charge in [0.05, 0.1) is 33.0 Å². The summed E-state index contributed by atoms with van der Waals surface area (Å²) < 4.78 is 83.2. The first kappa shape index (κ1) is 79.2. The molecule has 2 aromatic carbocycles. The van der Waals surface area contributed by atoms with Gasteiger partial charge in [0.2, 0.25) is 11.8 Å². The Hall–Kier alpha value is -4.87. The Morgan fingerprint density at radius 3 is 0.893 bits per heavy atom. The van der Waals surface area contributed by atoms with Crippen molar-refractivity contribution in [3.63, 3.8) is 0 Å². The summed E-state index contributed by atoms with van der Waals surface area (Å²) in [6, 6.07) is 7.44. The van der Waals surface area contributed by atoms with E-state index >= 15 is 0 Å². The molecule has 14 bridgehead atoms. The maximum absolute atomic E-state index is 15.0. The van der Waals surface area contributed by atoms with E-state index in [-0.39, 0.29) is 12.2 Å². The van der Waals surface area contributed by atoms with Crippen molar-refractivity contribution in [2.45, 2.75) is 247 Å². The maximum Gasteiger partial charge on any atom is 0.315 e. The predicted molar refractivity (Wildman–Crippen MR) is 326 cm³/mol. The van der Waals surface area contributed by atoms with Gasteiger partial charge in [-0.25, -0.2) is 4.79 Å². The molecule has 2 aromatic rings. The van der Waals surface area contributed by atoms with Gasteiger partial charge in [-0.3, -0.25) is 9.59 Å². The van der Waals surface area contributed by atoms with Crippen LogP contribution in [0.4, 0.5) is 4.79 Å². The van der Waals surface area contributed by atoms with Crippen molar-refractivity contribution in [1.29, 1.82) is 0 Å². The first-order valence-corrected chi connectivity index (χ1v) is 33.4. The van der Waals surface area contributed by atoms with Crippen LogP contribution in [0.5, 0.6) is 5.75 Å². The molecule has 0 spiro atoms. The second kappa shape index (κ2) is 34.1. The van der Waals surface area contributed by atoms with Gasteiger partial charge in [0.1, 0.15) is 189 Å². The number of aromatic hydroxyl groups is 1. The largest absolute Gasteiger partial charge is 0.508 e. The van der Waals surface area contributed by atoms with Crippen LogP contribution in [-0.2, 0) is 88.7 Å². The number of hydrogen-bond acceptors (Lipinski definition) is 37. The smallest absolute Gasteiger partial charge is 0.315 e. The van der Waals surface area contributed by atoms with Crippen LogP contribution < -0.4 is 21.3 Å². The van der Waals surface area contributed by atoms with Crippen LogP contribution in [0.2, 0.25) is 0 Å². The highest BCUT2D eigenvalue weighted by Crippen LogP contribution is 2.39. The summed E-state index contributed by atoms with van der Waals surface area (Å²) >= 11 is 0. The molecule has 0 saturated carbocycles. The summed E-state index contributed by atoms with van der Waals surface area (Å²) in [6.45, 7) is -5.60. The van der Waals surface area contributed by atoms with Gasteiger partial charge in [0, 0.05) is 25.9 Å². The number of phenolic OH excluding ortho intramolecular Hbond substituents is 1. The Balaban J connectivity index is 1.02. The van der Waals surface area contributed by atoms with Gasteiger partial charge in [-0.15, -0.1) is 0 Å². The van der Waals surface area contributed by atoms with Crippen molar-refractivity contribution in [3.05, 3.63) is 65.2 Å². The van der Waals surface area contributed by atoms with Gasteiger partial charge < -0.3 is 190 Å². The summed E-state index contributed by atoms with van der Waals surface area (Å²) in [4.78, 5) is 44.4. The molecule has 21 unspecified atom stereocenters. The van der Waals surface area contributed by atoms with E-state index in [1.807, 2.05) is 0 Å². The zero-order chi connectivity index (χ0) is 74.2. The van der Waals surface area contributed by atoms with E-state index in [4.69, 9.17) is 66.3 Å². The van der Waals surface area contributed by atoms with Gasteiger partial charge >= 0.3 is 6.03 Å². The molecule has 0 radical (unpaired) electrons. The Morgan fingerprint density at radius 1 is 0.320 bits per heavy atom. The second-order valence-corrected chi connectivity index (χ2v) is 26.6. The zero-order valence-corrected chi connectivity index (χ0v) is 54.7. The molecular formula is C62H90N4O37. The number of nitrogens with one attached hydrogen (secondary N) is 4. The summed E-state index contributed by atoms with van der Waals surface area (Å²) in [5.41, 5.74) is 1.54. The molecule has 0 aromatic heterocycles. The Kier molecular flexibility index (Phi) is 26.2. The summed E-state index contributed by atoms with van der Waals surface area (Å²) in [5, 5.41) is 239. The molecule has 41 heteroatoms. The third-order valence-electron chi connectivity index (χ3n) is 19.6. The minimum absolute atomic E-state index is 0.197. The van der Waals surface area contributed by atoms with E-state index < -0.39 is 297 Å². The van der Waals surface area contributed by atoms with Crippen LogP contribution in [0.25, 0.3) is 0 Å². The fourth-order valence-electron chi connectivity index (χ4n) is 13.7. The van der Waals surface area contributed by atoms with E-state index in [0.29, 0.717) is 11.1 Å². The summed E-state index contributed by atoms with van der Waals surface area (Å²) in [6.07, 6.45) is -75.5. The Bertz CT molecular complexity index is 3080. The van der Waals surface area contributed by atoms with E-state index in [1.165, 1.54) is 24.3 Å². The number of fused-ring (bicyclic) bond motifs is 5. The molecule has 37 atom stereocenters. The van der Waals surface area contributed by atoms with Gasteiger partial charge in [0.25, 0.3) is 0 Å². The lowest BCUT2D eigenvalue weighted by Gasteiger charge is -2.50. The number of aryl methyl sites for hydroxylation is 1. The van der Waals surface area contributed by atoms with Gasteiger partial charge in [-0.1, -0.05) is 42.0 Å². The monoisotopic (exact) mass is 1480 g/mol. The maximum atomic E-state index is 15.0. The molecule has 14 fully saturated rings. The van der Waals surface area contributed by atoms with E-state index in [0.717, 1.165) is 5.56 Å². The average molecular weight is 1480 g/mol. The predicted octanol–water partition coefficient (Wildman–Crippen LogP) is -13.4. The fourth-order valence-corrected chi connectivity index (χ4v) is 13.7.